The SMILES string of the molecule is O=S(=O)(Cc1ccccc1Cl)NCC1CCN(c2cnccn2)CC1. The fraction of sp³-hybridized carbons (Fsp3) is 0.412. The van der Waals surface area contributed by atoms with E-state index in [0.29, 0.717) is 23.0 Å². The van der Waals surface area contributed by atoms with Crippen LogP contribution >= 0.6 is 11.6 Å². The highest BCUT2D eigenvalue weighted by Crippen LogP contribution is 2.21. The molecule has 1 aromatic carbocycles. The zero-order valence-electron chi connectivity index (χ0n) is 13.8. The first-order chi connectivity index (χ1) is 12.0. The van der Waals surface area contributed by atoms with Crippen molar-refractivity contribution in [3.63, 3.8) is 0 Å². The summed E-state index contributed by atoms with van der Waals surface area (Å²) >= 11 is 6.04. The number of nitrogens with zero attached hydrogens (tertiary/aromatic N) is 3. The number of nitrogens with one attached hydrogen (secondary N) is 1. The molecular weight excluding hydrogens is 360 g/mol. The van der Waals surface area contributed by atoms with Crippen molar-refractivity contribution in [1.29, 1.82) is 0 Å². The van der Waals surface area contributed by atoms with Crippen molar-refractivity contribution in [2.45, 2.75) is 18.6 Å². The van der Waals surface area contributed by atoms with Gasteiger partial charge in [-0.2, -0.15) is 0 Å². The molecule has 134 valence electrons. The fourth-order valence-electron chi connectivity index (χ4n) is 2.94. The van der Waals surface area contributed by atoms with Crippen molar-refractivity contribution in [3.8, 4) is 0 Å². The van der Waals surface area contributed by atoms with E-state index in [1.165, 1.54) is 0 Å². The van der Waals surface area contributed by atoms with Crippen LogP contribution in [0.15, 0.2) is 42.9 Å². The molecule has 8 heteroatoms. The summed E-state index contributed by atoms with van der Waals surface area (Å²) in [5.74, 6) is 1.11. The van der Waals surface area contributed by atoms with Gasteiger partial charge in [0, 0.05) is 37.1 Å². The van der Waals surface area contributed by atoms with E-state index in [4.69, 9.17) is 11.6 Å². The van der Waals surface area contributed by atoms with Crippen LogP contribution in [0.2, 0.25) is 5.02 Å². The van der Waals surface area contributed by atoms with Crippen molar-refractivity contribution in [2.75, 3.05) is 24.5 Å². The predicted octanol–water partition coefficient (Wildman–Crippen LogP) is 2.47. The molecule has 2 aromatic rings. The van der Waals surface area contributed by atoms with E-state index >= 15 is 0 Å². The minimum absolute atomic E-state index is 0.0921. The van der Waals surface area contributed by atoms with E-state index < -0.39 is 10.0 Å². The molecule has 1 aliphatic rings. The molecule has 1 N–H and O–H groups in total. The Bertz CT molecular complexity index is 793. The Morgan fingerprint density at radius 1 is 1.20 bits per heavy atom. The van der Waals surface area contributed by atoms with Crippen LogP contribution in [0.3, 0.4) is 0 Å². The lowest BCUT2D eigenvalue weighted by Gasteiger charge is -2.32. The molecule has 0 amide bonds. The van der Waals surface area contributed by atoms with Crippen LogP contribution in [0.25, 0.3) is 0 Å². The number of anilines is 1. The van der Waals surface area contributed by atoms with Gasteiger partial charge in [-0.25, -0.2) is 18.1 Å². The average molecular weight is 381 g/mol. The highest BCUT2D eigenvalue weighted by Gasteiger charge is 2.22. The van der Waals surface area contributed by atoms with Crippen LogP contribution in [0.1, 0.15) is 18.4 Å². The highest BCUT2D eigenvalue weighted by atomic mass is 35.5. The minimum Gasteiger partial charge on any atom is -0.355 e. The predicted molar refractivity (Wildman–Crippen MR) is 99.0 cm³/mol. The number of aromatic nitrogens is 2. The maximum atomic E-state index is 12.3. The summed E-state index contributed by atoms with van der Waals surface area (Å²) in [4.78, 5) is 10.6. The lowest BCUT2D eigenvalue weighted by atomic mass is 9.97. The standard InChI is InChI=1S/C17H21ClN4O2S/c18-16-4-2-1-3-15(16)13-25(23,24)21-11-14-5-9-22(10-6-14)17-12-19-7-8-20-17/h1-4,7-8,12,14,21H,5-6,9-11,13H2. The van der Waals surface area contributed by atoms with Gasteiger partial charge in [-0.1, -0.05) is 29.8 Å². The number of hydrogen-bond donors (Lipinski definition) is 1. The van der Waals surface area contributed by atoms with Crippen LogP contribution in [0.4, 0.5) is 5.82 Å². The molecule has 25 heavy (non-hydrogen) atoms. The van der Waals surface area contributed by atoms with Gasteiger partial charge in [-0.3, -0.25) is 4.98 Å². The van der Waals surface area contributed by atoms with Crippen LogP contribution in [0.5, 0.6) is 0 Å². The molecular formula is C17H21ClN4O2S. The summed E-state index contributed by atoms with van der Waals surface area (Å²) < 4.78 is 27.3. The van der Waals surface area contributed by atoms with E-state index in [1.807, 2.05) is 0 Å². The number of benzene rings is 1. The summed E-state index contributed by atoms with van der Waals surface area (Å²) in [6.45, 7) is 2.17. The second-order valence-electron chi connectivity index (χ2n) is 6.19. The second-order valence-corrected chi connectivity index (χ2v) is 8.41. The van der Waals surface area contributed by atoms with Gasteiger partial charge in [-0.05, 0) is 30.4 Å². The molecule has 2 heterocycles. The molecule has 1 fully saturated rings. The Hall–Kier alpha value is -1.70. The van der Waals surface area contributed by atoms with Gasteiger partial charge in [-0.15, -0.1) is 0 Å². The number of sulfonamides is 1. The number of rotatable bonds is 6. The zero-order chi connectivity index (χ0) is 17.7. The van der Waals surface area contributed by atoms with Crippen LogP contribution in [0, 0.1) is 5.92 Å². The Morgan fingerprint density at radius 2 is 1.96 bits per heavy atom. The Morgan fingerprint density at radius 3 is 2.64 bits per heavy atom. The van der Waals surface area contributed by atoms with E-state index in [9.17, 15) is 8.42 Å². The lowest BCUT2D eigenvalue weighted by molar-refractivity contribution is 0.400. The van der Waals surface area contributed by atoms with Gasteiger partial charge in [0.1, 0.15) is 5.82 Å². The lowest BCUT2D eigenvalue weighted by Crippen LogP contribution is -2.39. The summed E-state index contributed by atoms with van der Waals surface area (Å²) in [5.41, 5.74) is 0.620. The van der Waals surface area contributed by atoms with Crippen molar-refractivity contribution >= 4 is 27.4 Å². The van der Waals surface area contributed by atoms with Gasteiger partial charge in [0.25, 0.3) is 0 Å². The minimum atomic E-state index is -3.39. The van der Waals surface area contributed by atoms with Crippen LogP contribution in [-0.2, 0) is 15.8 Å². The van der Waals surface area contributed by atoms with Crippen molar-refractivity contribution < 1.29 is 8.42 Å². The molecule has 0 atom stereocenters. The van der Waals surface area contributed by atoms with Gasteiger partial charge >= 0.3 is 0 Å². The third-order valence-corrected chi connectivity index (χ3v) is 6.05. The summed E-state index contributed by atoms with van der Waals surface area (Å²) in [7, 11) is -3.39. The number of piperidine rings is 1. The largest absolute Gasteiger partial charge is 0.355 e. The van der Waals surface area contributed by atoms with Gasteiger partial charge < -0.3 is 4.90 Å². The molecule has 6 nitrogen and oxygen atoms in total. The van der Waals surface area contributed by atoms with Crippen molar-refractivity contribution in [2.24, 2.45) is 5.92 Å². The Kier molecular flexibility index (Phi) is 5.88. The topological polar surface area (TPSA) is 75.2 Å². The van der Waals surface area contributed by atoms with Crippen molar-refractivity contribution in [3.05, 3.63) is 53.4 Å². The first-order valence-electron chi connectivity index (χ1n) is 8.25. The fourth-order valence-corrected chi connectivity index (χ4v) is 4.47. The van der Waals surface area contributed by atoms with Gasteiger partial charge in [0.15, 0.2) is 0 Å². The summed E-state index contributed by atoms with van der Waals surface area (Å²) in [5, 5.41) is 0.477. The Balaban J connectivity index is 1.48. The molecule has 3 rings (SSSR count). The average Bonchev–Trinajstić information content (AvgIpc) is 2.63. The van der Waals surface area contributed by atoms with E-state index in [1.54, 1.807) is 42.9 Å². The van der Waals surface area contributed by atoms with Crippen LogP contribution in [-0.4, -0.2) is 38.0 Å². The number of halogens is 1. The second kappa shape index (κ2) is 8.12. The first kappa shape index (κ1) is 18.1. The molecule has 0 bridgehead atoms. The van der Waals surface area contributed by atoms with Gasteiger partial charge in [0.2, 0.25) is 10.0 Å². The molecule has 1 aromatic heterocycles. The molecule has 0 saturated carbocycles. The highest BCUT2D eigenvalue weighted by molar-refractivity contribution is 7.88. The third kappa shape index (κ3) is 5.14. The number of hydrogen-bond acceptors (Lipinski definition) is 5. The first-order valence-corrected chi connectivity index (χ1v) is 10.3. The zero-order valence-corrected chi connectivity index (χ0v) is 15.4. The Labute approximate surface area is 153 Å². The van der Waals surface area contributed by atoms with Crippen molar-refractivity contribution in [1.82, 2.24) is 14.7 Å². The smallest absolute Gasteiger partial charge is 0.215 e. The molecule has 1 aliphatic heterocycles. The summed E-state index contributed by atoms with van der Waals surface area (Å²) in [6.07, 6.45) is 6.94. The third-order valence-electron chi connectivity index (χ3n) is 4.38. The molecule has 1 saturated heterocycles. The molecule has 0 aliphatic carbocycles. The molecule has 0 spiro atoms. The van der Waals surface area contributed by atoms with Crippen LogP contribution < -0.4 is 9.62 Å². The van der Waals surface area contributed by atoms with E-state index in [0.717, 1.165) is 31.7 Å². The molecule has 0 unspecified atom stereocenters. The quantitative estimate of drug-likeness (QED) is 0.833. The van der Waals surface area contributed by atoms with E-state index in [2.05, 4.69) is 19.6 Å². The normalized spacial score (nSPS) is 16.1. The van der Waals surface area contributed by atoms with E-state index in [-0.39, 0.29) is 5.75 Å². The molecule has 0 radical (unpaired) electrons. The monoisotopic (exact) mass is 380 g/mol. The maximum Gasteiger partial charge on any atom is 0.215 e. The van der Waals surface area contributed by atoms with Gasteiger partial charge in [0.05, 0.1) is 11.9 Å². The summed E-state index contributed by atoms with van der Waals surface area (Å²) in [6, 6.07) is 7.02. The maximum absolute atomic E-state index is 12.3.